The van der Waals surface area contributed by atoms with Crippen LogP contribution in [-0.2, 0) is 4.79 Å². The second kappa shape index (κ2) is 6.97. The summed E-state index contributed by atoms with van der Waals surface area (Å²) in [6, 6.07) is -1.22. The van der Waals surface area contributed by atoms with E-state index >= 15 is 0 Å². The average molecular weight is 238 g/mol. The van der Waals surface area contributed by atoms with E-state index in [1.165, 1.54) is 7.05 Å². The minimum absolute atomic E-state index is 0.218. The van der Waals surface area contributed by atoms with E-state index in [4.69, 9.17) is 5.11 Å². The fourth-order valence-electron chi connectivity index (χ4n) is 1.08. The quantitative estimate of drug-likeness (QED) is 0.729. The van der Waals surface area contributed by atoms with Gasteiger partial charge >= 0.3 is 12.0 Å². The van der Waals surface area contributed by atoms with Crippen LogP contribution in [0.25, 0.3) is 0 Å². The maximum absolute atomic E-state index is 12.0. The van der Waals surface area contributed by atoms with Crippen molar-refractivity contribution in [2.75, 3.05) is 13.6 Å². The van der Waals surface area contributed by atoms with Gasteiger partial charge in [-0.1, -0.05) is 6.92 Å². The van der Waals surface area contributed by atoms with Crippen LogP contribution in [0.2, 0.25) is 0 Å². The Kier molecular flexibility index (Phi) is 6.36. The van der Waals surface area contributed by atoms with Gasteiger partial charge in [0.05, 0.1) is 13.0 Å². The third-order valence-electron chi connectivity index (χ3n) is 2.00. The molecular weight excluding hydrogens is 222 g/mol. The number of nitrogens with zero attached hydrogens (tertiary/aromatic N) is 1. The van der Waals surface area contributed by atoms with Gasteiger partial charge in [0.15, 0.2) is 0 Å². The number of nitrogens with one attached hydrogen (secondary N) is 1. The van der Waals surface area contributed by atoms with Crippen molar-refractivity contribution in [3.8, 4) is 0 Å². The molecule has 1 unspecified atom stereocenters. The van der Waals surface area contributed by atoms with Crippen LogP contribution in [0.3, 0.4) is 0 Å². The van der Waals surface area contributed by atoms with E-state index in [0.29, 0.717) is 6.42 Å². The third kappa shape index (κ3) is 6.15. The van der Waals surface area contributed by atoms with Crippen LogP contribution in [0.5, 0.6) is 0 Å². The van der Waals surface area contributed by atoms with Gasteiger partial charge in [-0.05, 0) is 6.42 Å². The van der Waals surface area contributed by atoms with Crippen LogP contribution in [0, 0.1) is 0 Å². The fourth-order valence-corrected chi connectivity index (χ4v) is 1.08. The van der Waals surface area contributed by atoms with Crippen LogP contribution < -0.4 is 5.32 Å². The normalized spacial score (nSPS) is 12.3. The van der Waals surface area contributed by atoms with Crippen molar-refractivity contribution >= 4 is 12.0 Å². The number of rotatable bonds is 6. The lowest BCUT2D eigenvalue weighted by atomic mass is 10.1. The lowest BCUT2D eigenvalue weighted by Gasteiger charge is -2.21. The summed E-state index contributed by atoms with van der Waals surface area (Å²) in [6.07, 6.45) is -2.39. The summed E-state index contributed by atoms with van der Waals surface area (Å²) in [5.41, 5.74) is 0. The van der Waals surface area contributed by atoms with Crippen molar-refractivity contribution in [3.05, 3.63) is 0 Å². The monoisotopic (exact) mass is 238 g/mol. The molecule has 0 aromatic rings. The molecule has 0 aromatic heterocycles. The molecule has 16 heavy (non-hydrogen) atoms. The van der Waals surface area contributed by atoms with Crippen LogP contribution in [0.15, 0.2) is 0 Å². The second-order valence-electron chi connectivity index (χ2n) is 3.42. The number of hydrogen-bond acceptors (Lipinski definition) is 2. The Morgan fingerprint density at radius 3 is 2.38 bits per heavy atom. The first-order valence-electron chi connectivity index (χ1n) is 4.88. The van der Waals surface area contributed by atoms with Gasteiger partial charge in [-0.3, -0.25) is 4.79 Å². The van der Waals surface area contributed by atoms with Crippen LogP contribution in [0.4, 0.5) is 13.6 Å². The number of halogens is 2. The highest BCUT2D eigenvalue weighted by Crippen LogP contribution is 2.01. The molecule has 0 aromatic carbocycles. The molecule has 0 fully saturated rings. The zero-order valence-electron chi connectivity index (χ0n) is 9.24. The maximum atomic E-state index is 12.0. The van der Waals surface area contributed by atoms with E-state index in [2.05, 4.69) is 5.32 Å². The SMILES string of the molecule is CCC(CC(=O)O)NC(=O)N(C)CC(F)F. The molecule has 0 heterocycles. The molecule has 1 atom stereocenters. The van der Waals surface area contributed by atoms with Gasteiger partial charge in [0.2, 0.25) is 0 Å². The van der Waals surface area contributed by atoms with E-state index in [1.807, 2.05) is 0 Å². The number of carboxylic acid groups (broad SMARTS) is 1. The topological polar surface area (TPSA) is 69.6 Å². The van der Waals surface area contributed by atoms with E-state index in [-0.39, 0.29) is 6.42 Å². The number of amides is 2. The lowest BCUT2D eigenvalue weighted by Crippen LogP contribution is -2.45. The van der Waals surface area contributed by atoms with Crippen molar-refractivity contribution in [3.63, 3.8) is 0 Å². The minimum Gasteiger partial charge on any atom is -0.481 e. The number of hydrogen-bond donors (Lipinski definition) is 2. The Bertz CT molecular complexity index is 249. The number of urea groups is 1. The van der Waals surface area contributed by atoms with Crippen molar-refractivity contribution in [2.45, 2.75) is 32.2 Å². The largest absolute Gasteiger partial charge is 0.481 e. The summed E-state index contributed by atoms with van der Waals surface area (Å²) in [4.78, 5) is 22.6. The first kappa shape index (κ1) is 14.6. The highest BCUT2D eigenvalue weighted by atomic mass is 19.3. The van der Waals surface area contributed by atoms with Crippen LogP contribution in [-0.4, -0.2) is 48.1 Å². The van der Waals surface area contributed by atoms with Gasteiger partial charge in [-0.25, -0.2) is 13.6 Å². The van der Waals surface area contributed by atoms with Gasteiger partial charge < -0.3 is 15.3 Å². The van der Waals surface area contributed by atoms with Gasteiger partial charge in [-0.2, -0.15) is 0 Å². The molecule has 0 aliphatic rings. The summed E-state index contributed by atoms with van der Waals surface area (Å²) in [7, 11) is 1.23. The highest BCUT2D eigenvalue weighted by molar-refractivity contribution is 5.75. The maximum Gasteiger partial charge on any atom is 0.317 e. The summed E-state index contributed by atoms with van der Waals surface area (Å²) in [5.74, 6) is -1.04. The highest BCUT2D eigenvalue weighted by Gasteiger charge is 2.18. The predicted molar refractivity (Wildman–Crippen MR) is 53.5 cm³/mol. The molecule has 0 saturated heterocycles. The van der Waals surface area contributed by atoms with Crippen molar-refractivity contribution in [1.82, 2.24) is 10.2 Å². The Hall–Kier alpha value is -1.40. The minimum atomic E-state index is -2.60. The van der Waals surface area contributed by atoms with E-state index in [0.717, 1.165) is 4.90 Å². The molecule has 0 radical (unpaired) electrons. The summed E-state index contributed by atoms with van der Waals surface area (Å²) < 4.78 is 23.9. The molecule has 0 bridgehead atoms. The molecule has 0 aliphatic carbocycles. The van der Waals surface area contributed by atoms with E-state index in [1.54, 1.807) is 6.92 Å². The molecular formula is C9H16F2N2O3. The van der Waals surface area contributed by atoms with Gasteiger partial charge in [-0.15, -0.1) is 0 Å². The molecule has 94 valence electrons. The zero-order chi connectivity index (χ0) is 12.7. The summed E-state index contributed by atoms with van der Waals surface area (Å²) in [6.45, 7) is 1.04. The molecule has 0 saturated carbocycles. The van der Waals surface area contributed by atoms with Crippen LogP contribution in [0.1, 0.15) is 19.8 Å². The van der Waals surface area contributed by atoms with Crippen LogP contribution >= 0.6 is 0 Å². The fraction of sp³-hybridized carbons (Fsp3) is 0.778. The van der Waals surface area contributed by atoms with Gasteiger partial charge in [0.1, 0.15) is 0 Å². The molecule has 7 heteroatoms. The standard InChI is InChI=1S/C9H16F2N2O3/c1-3-6(4-8(14)15)12-9(16)13(2)5-7(10)11/h6-7H,3-5H2,1-2H3,(H,12,16)(H,14,15). The first-order valence-corrected chi connectivity index (χ1v) is 4.88. The van der Waals surface area contributed by atoms with Gasteiger partial charge in [0, 0.05) is 13.1 Å². The summed E-state index contributed by atoms with van der Waals surface area (Å²) in [5, 5.41) is 10.9. The van der Waals surface area contributed by atoms with E-state index in [9.17, 15) is 18.4 Å². The zero-order valence-corrected chi connectivity index (χ0v) is 9.24. The lowest BCUT2D eigenvalue weighted by molar-refractivity contribution is -0.137. The number of alkyl halides is 2. The molecule has 2 N–H and O–H groups in total. The molecule has 0 spiro atoms. The Morgan fingerprint density at radius 1 is 1.44 bits per heavy atom. The Balaban J connectivity index is 4.13. The Labute approximate surface area is 92.4 Å². The third-order valence-corrected chi connectivity index (χ3v) is 2.00. The smallest absolute Gasteiger partial charge is 0.317 e. The van der Waals surface area contributed by atoms with Crippen molar-refractivity contribution in [2.24, 2.45) is 0 Å². The van der Waals surface area contributed by atoms with Crippen molar-refractivity contribution < 1.29 is 23.5 Å². The van der Waals surface area contributed by atoms with Crippen molar-refractivity contribution in [1.29, 1.82) is 0 Å². The first-order chi connectivity index (χ1) is 7.36. The average Bonchev–Trinajstić information content (AvgIpc) is 2.14. The Morgan fingerprint density at radius 2 is 2.00 bits per heavy atom. The molecule has 0 aliphatic heterocycles. The molecule has 2 amide bonds. The summed E-state index contributed by atoms with van der Waals surface area (Å²) >= 11 is 0. The number of carbonyl (C=O) groups is 2. The van der Waals surface area contributed by atoms with E-state index < -0.39 is 31.0 Å². The predicted octanol–water partition coefficient (Wildman–Crippen LogP) is 1.15. The van der Waals surface area contributed by atoms with Gasteiger partial charge in [0.25, 0.3) is 6.43 Å². The molecule has 0 rings (SSSR count). The molecule has 5 nitrogen and oxygen atoms in total. The number of aliphatic carboxylic acids is 1. The number of carbonyl (C=O) groups excluding carboxylic acids is 1. The second-order valence-corrected chi connectivity index (χ2v) is 3.42. The number of carboxylic acids is 1.